The molecule has 0 aliphatic carbocycles. The molecule has 0 radical (unpaired) electrons. The fraction of sp³-hybridized carbons (Fsp3) is 0.571. The van der Waals surface area contributed by atoms with Crippen molar-refractivity contribution in [1.82, 2.24) is 4.90 Å². The average molecular weight is 275 g/mol. The van der Waals surface area contributed by atoms with E-state index in [0.717, 1.165) is 6.42 Å². The molecule has 0 fully saturated rings. The Morgan fingerprint density at radius 2 is 1.95 bits per heavy atom. The van der Waals surface area contributed by atoms with Gasteiger partial charge in [0.1, 0.15) is 5.82 Å². The summed E-state index contributed by atoms with van der Waals surface area (Å²) in [6, 6.07) is 4.10. The normalized spacial score (nSPS) is 13.3. The SMILES string of the molecule is CCCN(CC(F)F)CC(O)c1ccc(F)cc1C. The molecule has 1 unspecified atom stereocenters. The summed E-state index contributed by atoms with van der Waals surface area (Å²) < 4.78 is 37.8. The number of aliphatic hydroxyl groups is 1. The molecular formula is C14H20F3NO. The monoisotopic (exact) mass is 275 g/mol. The second kappa shape index (κ2) is 7.50. The van der Waals surface area contributed by atoms with Crippen molar-refractivity contribution in [2.75, 3.05) is 19.6 Å². The first-order valence-electron chi connectivity index (χ1n) is 6.38. The van der Waals surface area contributed by atoms with Crippen LogP contribution in [-0.2, 0) is 0 Å². The van der Waals surface area contributed by atoms with Gasteiger partial charge in [-0.15, -0.1) is 0 Å². The van der Waals surface area contributed by atoms with E-state index in [9.17, 15) is 18.3 Å². The molecule has 0 aliphatic rings. The summed E-state index contributed by atoms with van der Waals surface area (Å²) in [7, 11) is 0. The molecule has 0 heterocycles. The van der Waals surface area contributed by atoms with Gasteiger partial charge in [-0.05, 0) is 43.1 Å². The molecule has 0 saturated heterocycles. The summed E-state index contributed by atoms with van der Waals surface area (Å²) in [5.41, 5.74) is 1.21. The lowest BCUT2D eigenvalue weighted by molar-refractivity contribution is 0.0544. The number of aliphatic hydroxyl groups excluding tert-OH is 1. The number of nitrogens with zero attached hydrogens (tertiary/aromatic N) is 1. The minimum Gasteiger partial charge on any atom is -0.387 e. The Balaban J connectivity index is 2.72. The van der Waals surface area contributed by atoms with Crippen molar-refractivity contribution in [2.45, 2.75) is 32.8 Å². The van der Waals surface area contributed by atoms with Crippen LogP contribution in [0, 0.1) is 12.7 Å². The number of hydrogen-bond donors (Lipinski definition) is 1. The molecule has 5 heteroatoms. The maximum absolute atomic E-state index is 13.0. The van der Waals surface area contributed by atoms with Gasteiger partial charge in [-0.25, -0.2) is 13.2 Å². The van der Waals surface area contributed by atoms with E-state index in [4.69, 9.17) is 0 Å². The number of halogens is 3. The van der Waals surface area contributed by atoms with Crippen LogP contribution in [0.4, 0.5) is 13.2 Å². The fourth-order valence-corrected chi connectivity index (χ4v) is 2.12. The molecule has 1 atom stereocenters. The van der Waals surface area contributed by atoms with E-state index < -0.39 is 12.5 Å². The smallest absolute Gasteiger partial charge is 0.251 e. The number of aryl methyl sites for hydroxylation is 1. The standard InChI is InChI=1S/C14H20F3NO/c1-3-6-18(9-14(16)17)8-13(19)12-5-4-11(15)7-10(12)2/h4-5,7,13-14,19H,3,6,8-9H2,1-2H3. The Morgan fingerprint density at radius 3 is 2.47 bits per heavy atom. The summed E-state index contributed by atoms with van der Waals surface area (Å²) >= 11 is 0. The van der Waals surface area contributed by atoms with Crippen molar-refractivity contribution < 1.29 is 18.3 Å². The summed E-state index contributed by atoms with van der Waals surface area (Å²) in [4.78, 5) is 1.53. The van der Waals surface area contributed by atoms with Crippen LogP contribution in [0.25, 0.3) is 0 Å². The Bertz CT molecular complexity index is 398. The molecule has 0 saturated carbocycles. The lowest BCUT2D eigenvalue weighted by Gasteiger charge is -2.25. The van der Waals surface area contributed by atoms with Gasteiger partial charge < -0.3 is 5.11 Å². The van der Waals surface area contributed by atoms with E-state index in [-0.39, 0.29) is 18.9 Å². The van der Waals surface area contributed by atoms with Gasteiger partial charge in [0.2, 0.25) is 0 Å². The topological polar surface area (TPSA) is 23.5 Å². The lowest BCUT2D eigenvalue weighted by atomic mass is 10.0. The molecule has 0 spiro atoms. The second-order valence-electron chi connectivity index (χ2n) is 4.67. The number of alkyl halides is 2. The minimum absolute atomic E-state index is 0.130. The van der Waals surface area contributed by atoms with Gasteiger partial charge in [0.15, 0.2) is 0 Å². The highest BCUT2D eigenvalue weighted by Gasteiger charge is 2.18. The molecule has 2 nitrogen and oxygen atoms in total. The van der Waals surface area contributed by atoms with Crippen LogP contribution in [0.15, 0.2) is 18.2 Å². The van der Waals surface area contributed by atoms with Crippen molar-refractivity contribution in [1.29, 1.82) is 0 Å². The van der Waals surface area contributed by atoms with Gasteiger partial charge in [0.25, 0.3) is 6.43 Å². The number of hydrogen-bond acceptors (Lipinski definition) is 2. The third kappa shape index (κ3) is 5.20. The van der Waals surface area contributed by atoms with Crippen molar-refractivity contribution in [3.05, 3.63) is 35.1 Å². The molecule has 1 N–H and O–H groups in total. The summed E-state index contributed by atoms with van der Waals surface area (Å²) in [5, 5.41) is 10.1. The lowest BCUT2D eigenvalue weighted by Crippen LogP contribution is -2.33. The highest BCUT2D eigenvalue weighted by Crippen LogP contribution is 2.20. The average Bonchev–Trinajstić information content (AvgIpc) is 2.27. The molecule has 0 amide bonds. The minimum atomic E-state index is -2.42. The van der Waals surface area contributed by atoms with Gasteiger partial charge in [-0.1, -0.05) is 13.0 Å². The van der Waals surface area contributed by atoms with Crippen LogP contribution >= 0.6 is 0 Å². The molecule has 1 rings (SSSR count). The van der Waals surface area contributed by atoms with Gasteiger partial charge in [0, 0.05) is 6.54 Å². The molecule has 0 bridgehead atoms. The van der Waals surface area contributed by atoms with E-state index in [0.29, 0.717) is 17.7 Å². The largest absolute Gasteiger partial charge is 0.387 e. The van der Waals surface area contributed by atoms with Crippen molar-refractivity contribution in [2.24, 2.45) is 0 Å². The van der Waals surface area contributed by atoms with Crippen LogP contribution in [0.1, 0.15) is 30.6 Å². The third-order valence-electron chi connectivity index (χ3n) is 2.96. The van der Waals surface area contributed by atoms with E-state index >= 15 is 0 Å². The van der Waals surface area contributed by atoms with Gasteiger partial charge >= 0.3 is 0 Å². The Labute approximate surface area is 111 Å². The van der Waals surface area contributed by atoms with Crippen LogP contribution < -0.4 is 0 Å². The van der Waals surface area contributed by atoms with Gasteiger partial charge in [-0.3, -0.25) is 4.90 Å². The molecule has 0 aromatic heterocycles. The van der Waals surface area contributed by atoms with Crippen molar-refractivity contribution in [3.63, 3.8) is 0 Å². The van der Waals surface area contributed by atoms with Crippen molar-refractivity contribution >= 4 is 0 Å². The zero-order chi connectivity index (χ0) is 14.4. The zero-order valence-electron chi connectivity index (χ0n) is 11.2. The van der Waals surface area contributed by atoms with Crippen LogP contribution in [0.3, 0.4) is 0 Å². The zero-order valence-corrected chi connectivity index (χ0v) is 11.2. The van der Waals surface area contributed by atoms with E-state index in [1.165, 1.54) is 23.1 Å². The van der Waals surface area contributed by atoms with Gasteiger partial charge in [0.05, 0.1) is 12.6 Å². The van der Waals surface area contributed by atoms with E-state index in [1.54, 1.807) is 6.92 Å². The summed E-state index contributed by atoms with van der Waals surface area (Å²) in [5.74, 6) is -0.369. The Morgan fingerprint density at radius 1 is 1.26 bits per heavy atom. The molecule has 1 aromatic carbocycles. The summed E-state index contributed by atoms with van der Waals surface area (Å²) in [6.07, 6.45) is -2.57. The molecule has 0 aliphatic heterocycles. The predicted octanol–water partition coefficient (Wildman–Crippen LogP) is 3.14. The van der Waals surface area contributed by atoms with Crippen LogP contribution in [0.5, 0.6) is 0 Å². The third-order valence-corrected chi connectivity index (χ3v) is 2.96. The first kappa shape index (κ1) is 16.0. The van der Waals surface area contributed by atoms with E-state index in [1.807, 2.05) is 6.92 Å². The highest BCUT2D eigenvalue weighted by atomic mass is 19.3. The number of rotatable bonds is 7. The molecule has 19 heavy (non-hydrogen) atoms. The Kier molecular flexibility index (Phi) is 6.31. The molecule has 1 aromatic rings. The number of benzene rings is 1. The second-order valence-corrected chi connectivity index (χ2v) is 4.67. The van der Waals surface area contributed by atoms with Crippen LogP contribution in [-0.4, -0.2) is 36.1 Å². The molecule has 108 valence electrons. The molecular weight excluding hydrogens is 255 g/mol. The maximum atomic E-state index is 13.0. The first-order chi connectivity index (χ1) is 8.93. The van der Waals surface area contributed by atoms with Crippen molar-refractivity contribution in [3.8, 4) is 0 Å². The highest BCUT2D eigenvalue weighted by molar-refractivity contribution is 5.28. The maximum Gasteiger partial charge on any atom is 0.251 e. The quantitative estimate of drug-likeness (QED) is 0.826. The predicted molar refractivity (Wildman–Crippen MR) is 68.8 cm³/mol. The first-order valence-corrected chi connectivity index (χ1v) is 6.38. The summed E-state index contributed by atoms with van der Waals surface area (Å²) in [6.45, 7) is 3.87. The van der Waals surface area contributed by atoms with Gasteiger partial charge in [-0.2, -0.15) is 0 Å². The van der Waals surface area contributed by atoms with Crippen LogP contribution in [0.2, 0.25) is 0 Å². The van der Waals surface area contributed by atoms with E-state index in [2.05, 4.69) is 0 Å². The Hall–Kier alpha value is -1.07. The fourth-order valence-electron chi connectivity index (χ4n) is 2.12.